The van der Waals surface area contributed by atoms with Crippen LogP contribution in [0.2, 0.25) is 0 Å². The van der Waals surface area contributed by atoms with Crippen LogP contribution in [0.1, 0.15) is 15.9 Å². The second kappa shape index (κ2) is 5.48. The lowest BCUT2D eigenvalue weighted by Crippen LogP contribution is -2.13. The van der Waals surface area contributed by atoms with Crippen LogP contribution in [-0.4, -0.2) is 5.91 Å². The molecule has 0 aliphatic heterocycles. The number of carbonyl (C=O) groups is 1. The number of anilines is 1. The summed E-state index contributed by atoms with van der Waals surface area (Å²) in [5.41, 5.74) is 1.43. The number of halogens is 3. The number of hydrogen-bond acceptors (Lipinski definition) is 1. The van der Waals surface area contributed by atoms with Crippen LogP contribution in [0.15, 0.2) is 40.9 Å². The van der Waals surface area contributed by atoms with E-state index in [1.54, 1.807) is 13.0 Å². The highest BCUT2D eigenvalue weighted by Crippen LogP contribution is 2.20. The fourth-order valence-corrected chi connectivity index (χ4v) is 1.94. The summed E-state index contributed by atoms with van der Waals surface area (Å²) >= 11 is 3.01. The molecule has 0 fully saturated rings. The van der Waals surface area contributed by atoms with Gasteiger partial charge in [-0.25, -0.2) is 8.78 Å². The van der Waals surface area contributed by atoms with E-state index in [1.807, 2.05) is 0 Å². The molecule has 19 heavy (non-hydrogen) atoms. The molecule has 1 amide bonds. The van der Waals surface area contributed by atoms with Gasteiger partial charge in [-0.3, -0.25) is 4.79 Å². The van der Waals surface area contributed by atoms with E-state index in [2.05, 4.69) is 21.2 Å². The summed E-state index contributed by atoms with van der Waals surface area (Å²) < 4.78 is 26.4. The number of aryl methyl sites for hydroxylation is 1. The van der Waals surface area contributed by atoms with E-state index in [0.29, 0.717) is 5.69 Å². The van der Waals surface area contributed by atoms with Crippen molar-refractivity contribution in [3.8, 4) is 0 Å². The lowest BCUT2D eigenvalue weighted by molar-refractivity contribution is 0.102. The molecule has 0 aliphatic rings. The van der Waals surface area contributed by atoms with E-state index in [-0.39, 0.29) is 10.0 Å². The Bertz CT molecular complexity index is 643. The molecule has 0 radical (unpaired) electrons. The first-order chi connectivity index (χ1) is 8.97. The van der Waals surface area contributed by atoms with Gasteiger partial charge in [0.1, 0.15) is 11.6 Å². The normalized spacial score (nSPS) is 10.3. The van der Waals surface area contributed by atoms with Gasteiger partial charge in [-0.2, -0.15) is 0 Å². The van der Waals surface area contributed by atoms with E-state index in [4.69, 9.17) is 0 Å². The molecule has 2 rings (SSSR count). The van der Waals surface area contributed by atoms with Gasteiger partial charge in [-0.1, -0.05) is 6.07 Å². The topological polar surface area (TPSA) is 29.1 Å². The summed E-state index contributed by atoms with van der Waals surface area (Å²) in [5, 5.41) is 2.59. The number of carbonyl (C=O) groups excluding carboxylic acids is 1. The first kappa shape index (κ1) is 13.7. The Kier molecular flexibility index (Phi) is 3.95. The summed E-state index contributed by atoms with van der Waals surface area (Å²) in [6.45, 7) is 1.76. The quantitative estimate of drug-likeness (QED) is 0.876. The minimum atomic E-state index is -0.446. The molecule has 2 nitrogen and oxygen atoms in total. The molecule has 0 spiro atoms. The van der Waals surface area contributed by atoms with Crippen LogP contribution in [0.4, 0.5) is 14.5 Å². The molecule has 1 N–H and O–H groups in total. The summed E-state index contributed by atoms with van der Waals surface area (Å²) in [5.74, 6) is -1.30. The Balaban J connectivity index is 2.25. The minimum Gasteiger partial charge on any atom is -0.322 e. The van der Waals surface area contributed by atoms with Crippen LogP contribution in [0.5, 0.6) is 0 Å². The van der Waals surface area contributed by atoms with E-state index >= 15 is 0 Å². The van der Waals surface area contributed by atoms with Crippen molar-refractivity contribution in [1.82, 2.24) is 0 Å². The molecule has 0 saturated heterocycles. The van der Waals surface area contributed by atoms with Gasteiger partial charge in [-0.05, 0) is 58.7 Å². The first-order valence-corrected chi connectivity index (χ1v) is 6.29. The van der Waals surface area contributed by atoms with Crippen molar-refractivity contribution < 1.29 is 13.6 Å². The van der Waals surface area contributed by atoms with Crippen molar-refractivity contribution in [2.24, 2.45) is 0 Å². The van der Waals surface area contributed by atoms with Crippen LogP contribution >= 0.6 is 15.9 Å². The predicted molar refractivity (Wildman–Crippen MR) is 73.2 cm³/mol. The smallest absolute Gasteiger partial charge is 0.255 e. The van der Waals surface area contributed by atoms with E-state index in [9.17, 15) is 13.6 Å². The van der Waals surface area contributed by atoms with Crippen LogP contribution in [-0.2, 0) is 0 Å². The molecule has 0 atom stereocenters. The molecule has 5 heteroatoms. The zero-order valence-corrected chi connectivity index (χ0v) is 11.6. The molecule has 0 aliphatic carbocycles. The lowest BCUT2D eigenvalue weighted by Gasteiger charge is -2.09. The Hall–Kier alpha value is -1.75. The number of amides is 1. The Morgan fingerprint density at radius 2 is 1.89 bits per heavy atom. The summed E-state index contributed by atoms with van der Waals surface area (Å²) in [6.07, 6.45) is 0. The number of benzene rings is 2. The van der Waals surface area contributed by atoms with Crippen molar-refractivity contribution >= 4 is 27.5 Å². The zero-order chi connectivity index (χ0) is 14.0. The van der Waals surface area contributed by atoms with E-state index < -0.39 is 17.5 Å². The predicted octanol–water partition coefficient (Wildman–Crippen LogP) is 4.29. The van der Waals surface area contributed by atoms with Crippen LogP contribution in [0.25, 0.3) is 0 Å². The van der Waals surface area contributed by atoms with E-state index in [1.165, 1.54) is 30.3 Å². The highest BCUT2D eigenvalue weighted by Gasteiger charge is 2.10. The molecular weight excluding hydrogens is 316 g/mol. The number of nitrogens with one attached hydrogen (secondary N) is 1. The largest absolute Gasteiger partial charge is 0.322 e. The molecule has 0 saturated carbocycles. The molecule has 2 aromatic rings. The highest BCUT2D eigenvalue weighted by atomic mass is 79.9. The number of hydrogen-bond donors (Lipinski definition) is 1. The summed E-state index contributed by atoms with van der Waals surface area (Å²) in [6, 6.07) is 8.07. The second-order valence-corrected chi connectivity index (χ2v) is 4.90. The average Bonchev–Trinajstić information content (AvgIpc) is 2.37. The van der Waals surface area contributed by atoms with Crippen molar-refractivity contribution in [2.45, 2.75) is 6.92 Å². The van der Waals surface area contributed by atoms with Crippen LogP contribution in [0, 0.1) is 18.6 Å². The van der Waals surface area contributed by atoms with Gasteiger partial charge in [0.15, 0.2) is 0 Å². The van der Waals surface area contributed by atoms with Crippen molar-refractivity contribution in [2.75, 3.05) is 5.32 Å². The van der Waals surface area contributed by atoms with E-state index in [0.717, 1.165) is 5.56 Å². The minimum absolute atomic E-state index is 0.205. The molecular formula is C14H10BrF2NO. The average molecular weight is 326 g/mol. The third-order valence-corrected chi connectivity index (χ3v) is 3.24. The van der Waals surface area contributed by atoms with Gasteiger partial charge in [0.25, 0.3) is 5.91 Å². The van der Waals surface area contributed by atoms with Crippen molar-refractivity contribution in [3.63, 3.8) is 0 Å². The van der Waals surface area contributed by atoms with Crippen molar-refractivity contribution in [3.05, 3.63) is 63.6 Å². The second-order valence-electron chi connectivity index (χ2n) is 4.04. The third kappa shape index (κ3) is 3.17. The van der Waals surface area contributed by atoms with Gasteiger partial charge in [-0.15, -0.1) is 0 Å². The Morgan fingerprint density at radius 3 is 2.58 bits per heavy atom. The zero-order valence-electron chi connectivity index (χ0n) is 10.0. The highest BCUT2D eigenvalue weighted by molar-refractivity contribution is 9.10. The molecule has 0 bridgehead atoms. The maximum atomic E-state index is 13.1. The Labute approximate surface area is 117 Å². The summed E-state index contributed by atoms with van der Waals surface area (Å²) in [7, 11) is 0. The van der Waals surface area contributed by atoms with Crippen LogP contribution < -0.4 is 5.32 Å². The SMILES string of the molecule is Cc1ccc(F)cc1NC(=O)c1ccc(F)c(Br)c1. The van der Waals surface area contributed by atoms with Gasteiger partial charge in [0, 0.05) is 11.3 Å². The van der Waals surface area contributed by atoms with Gasteiger partial charge in [0.2, 0.25) is 0 Å². The summed E-state index contributed by atoms with van der Waals surface area (Å²) in [4.78, 5) is 12.0. The maximum Gasteiger partial charge on any atom is 0.255 e. The monoisotopic (exact) mass is 325 g/mol. The van der Waals surface area contributed by atoms with Gasteiger partial charge < -0.3 is 5.32 Å². The number of rotatable bonds is 2. The molecule has 2 aromatic carbocycles. The van der Waals surface area contributed by atoms with Crippen LogP contribution in [0.3, 0.4) is 0 Å². The standard InChI is InChI=1S/C14H10BrF2NO/c1-8-2-4-10(16)7-13(8)18-14(19)9-3-5-12(17)11(15)6-9/h2-7H,1H3,(H,18,19). The fourth-order valence-electron chi connectivity index (χ4n) is 1.56. The van der Waals surface area contributed by atoms with Crippen molar-refractivity contribution in [1.29, 1.82) is 0 Å². The third-order valence-electron chi connectivity index (χ3n) is 2.63. The van der Waals surface area contributed by atoms with Gasteiger partial charge in [0.05, 0.1) is 4.47 Å². The molecule has 98 valence electrons. The molecule has 0 aromatic heterocycles. The lowest BCUT2D eigenvalue weighted by atomic mass is 10.1. The maximum absolute atomic E-state index is 13.1. The van der Waals surface area contributed by atoms with Gasteiger partial charge >= 0.3 is 0 Å². The molecule has 0 heterocycles. The molecule has 0 unspecified atom stereocenters. The Morgan fingerprint density at radius 1 is 1.16 bits per heavy atom. The fraction of sp³-hybridized carbons (Fsp3) is 0.0714. The first-order valence-electron chi connectivity index (χ1n) is 5.50.